The molecule has 0 spiro atoms. The number of amides is 2. The lowest BCUT2D eigenvalue weighted by Gasteiger charge is -2.10. The van der Waals surface area contributed by atoms with Crippen LogP contribution in [0.5, 0.6) is 5.75 Å². The van der Waals surface area contributed by atoms with Gasteiger partial charge in [-0.25, -0.2) is 9.18 Å². The van der Waals surface area contributed by atoms with Gasteiger partial charge in [0.05, 0.1) is 30.8 Å². The molecule has 132 valence electrons. The van der Waals surface area contributed by atoms with Crippen molar-refractivity contribution in [1.29, 1.82) is 0 Å². The highest BCUT2D eigenvalue weighted by Crippen LogP contribution is 2.23. The summed E-state index contributed by atoms with van der Waals surface area (Å²) >= 11 is 5.95. The third-order valence-corrected chi connectivity index (χ3v) is 3.41. The van der Waals surface area contributed by atoms with Gasteiger partial charge in [0.2, 0.25) is 5.91 Å². The summed E-state index contributed by atoms with van der Waals surface area (Å²) in [6, 6.07) is 10.7. The van der Waals surface area contributed by atoms with Crippen LogP contribution in [0.25, 0.3) is 0 Å². The van der Waals surface area contributed by atoms with E-state index in [0.717, 1.165) is 13.2 Å². The summed E-state index contributed by atoms with van der Waals surface area (Å²) in [6.45, 7) is 0.129. The fourth-order valence-corrected chi connectivity index (χ4v) is 2.09. The second-order valence-electron chi connectivity index (χ2n) is 4.89. The van der Waals surface area contributed by atoms with Gasteiger partial charge in [0.1, 0.15) is 11.6 Å². The second kappa shape index (κ2) is 8.89. The number of methoxy groups -OCH3 is 1. The van der Waals surface area contributed by atoms with Gasteiger partial charge in [0.15, 0.2) is 0 Å². The van der Waals surface area contributed by atoms with E-state index < -0.39 is 11.9 Å². The number of ether oxygens (including phenoxy) is 2. The molecule has 8 heteroatoms. The summed E-state index contributed by atoms with van der Waals surface area (Å²) < 4.78 is 23.4. The highest BCUT2D eigenvalue weighted by molar-refractivity contribution is 6.32. The average molecular weight is 367 g/mol. The Morgan fingerprint density at radius 2 is 1.92 bits per heavy atom. The number of carbonyl (C=O) groups is 2. The first-order valence-corrected chi connectivity index (χ1v) is 7.69. The van der Waals surface area contributed by atoms with Crippen LogP contribution < -0.4 is 15.4 Å². The van der Waals surface area contributed by atoms with Crippen molar-refractivity contribution in [3.63, 3.8) is 0 Å². The van der Waals surface area contributed by atoms with Crippen LogP contribution in [0.4, 0.5) is 20.6 Å². The van der Waals surface area contributed by atoms with Crippen LogP contribution in [0.1, 0.15) is 6.42 Å². The van der Waals surface area contributed by atoms with Gasteiger partial charge >= 0.3 is 6.09 Å². The van der Waals surface area contributed by atoms with E-state index in [1.54, 1.807) is 24.3 Å². The van der Waals surface area contributed by atoms with Crippen LogP contribution in [0.2, 0.25) is 5.02 Å². The van der Waals surface area contributed by atoms with Crippen molar-refractivity contribution in [1.82, 2.24) is 0 Å². The van der Waals surface area contributed by atoms with Gasteiger partial charge in [-0.3, -0.25) is 10.1 Å². The third-order valence-electron chi connectivity index (χ3n) is 3.10. The van der Waals surface area contributed by atoms with Crippen molar-refractivity contribution in [3.8, 4) is 5.75 Å². The monoisotopic (exact) mass is 366 g/mol. The third kappa shape index (κ3) is 5.65. The van der Waals surface area contributed by atoms with Crippen molar-refractivity contribution in [2.75, 3.05) is 24.4 Å². The van der Waals surface area contributed by atoms with Gasteiger partial charge in [0, 0.05) is 5.69 Å². The minimum atomic E-state index is -0.810. The molecular weight excluding hydrogens is 351 g/mol. The summed E-state index contributed by atoms with van der Waals surface area (Å²) in [6.07, 6.45) is -0.738. The standard InChI is InChI=1S/C17H16ClFN2O4/c1-24-17(23)21-14-10-11(6-7-13(14)19)20-16(22)8-9-25-15-5-3-2-4-12(15)18/h2-7,10H,8-9H2,1H3,(H,20,22)(H,21,23). The van der Waals surface area contributed by atoms with E-state index >= 15 is 0 Å². The molecule has 0 radical (unpaired) electrons. The fraction of sp³-hybridized carbons (Fsp3) is 0.176. The molecule has 25 heavy (non-hydrogen) atoms. The van der Waals surface area contributed by atoms with E-state index in [0.29, 0.717) is 16.5 Å². The van der Waals surface area contributed by atoms with Crippen molar-refractivity contribution >= 4 is 35.0 Å². The molecule has 0 saturated carbocycles. The van der Waals surface area contributed by atoms with Gasteiger partial charge in [-0.2, -0.15) is 0 Å². The number of nitrogens with one attached hydrogen (secondary N) is 2. The van der Waals surface area contributed by atoms with Gasteiger partial charge in [-0.15, -0.1) is 0 Å². The molecule has 0 aliphatic carbocycles. The van der Waals surface area contributed by atoms with Crippen LogP contribution in [0.15, 0.2) is 42.5 Å². The first-order valence-electron chi connectivity index (χ1n) is 7.31. The Hall–Kier alpha value is -2.80. The van der Waals surface area contributed by atoms with Crippen molar-refractivity contribution in [2.45, 2.75) is 6.42 Å². The maximum absolute atomic E-state index is 13.6. The van der Waals surface area contributed by atoms with E-state index in [1.165, 1.54) is 12.1 Å². The Morgan fingerprint density at radius 1 is 1.16 bits per heavy atom. The molecule has 0 unspecified atom stereocenters. The molecule has 2 aromatic rings. The number of para-hydroxylation sites is 1. The summed E-state index contributed by atoms with van der Waals surface area (Å²) in [5.41, 5.74) is 0.229. The highest BCUT2D eigenvalue weighted by Gasteiger charge is 2.10. The molecule has 0 aromatic heterocycles. The summed E-state index contributed by atoms with van der Waals surface area (Å²) in [4.78, 5) is 23.1. The van der Waals surface area contributed by atoms with Crippen LogP contribution in [-0.2, 0) is 9.53 Å². The number of hydrogen-bond acceptors (Lipinski definition) is 4. The topological polar surface area (TPSA) is 76.7 Å². The number of halogens is 2. The van der Waals surface area contributed by atoms with E-state index in [9.17, 15) is 14.0 Å². The maximum Gasteiger partial charge on any atom is 0.411 e. The normalized spacial score (nSPS) is 10.0. The summed E-state index contributed by atoms with van der Waals surface area (Å²) in [7, 11) is 1.16. The highest BCUT2D eigenvalue weighted by atomic mass is 35.5. The van der Waals surface area contributed by atoms with Gasteiger partial charge < -0.3 is 14.8 Å². The Balaban J connectivity index is 1.89. The first kappa shape index (κ1) is 18.5. The Morgan fingerprint density at radius 3 is 2.64 bits per heavy atom. The van der Waals surface area contributed by atoms with E-state index in [-0.39, 0.29) is 24.6 Å². The van der Waals surface area contributed by atoms with Gasteiger partial charge in [-0.1, -0.05) is 23.7 Å². The van der Waals surface area contributed by atoms with Crippen molar-refractivity contribution in [3.05, 3.63) is 53.3 Å². The predicted octanol–water partition coefficient (Wildman–Crippen LogP) is 4.07. The quantitative estimate of drug-likeness (QED) is 0.808. The van der Waals surface area contributed by atoms with E-state index in [4.69, 9.17) is 16.3 Å². The fourth-order valence-electron chi connectivity index (χ4n) is 1.90. The SMILES string of the molecule is COC(=O)Nc1cc(NC(=O)CCOc2ccccc2Cl)ccc1F. The molecule has 2 aromatic carbocycles. The summed E-state index contributed by atoms with van der Waals surface area (Å²) in [5, 5.41) is 5.27. The van der Waals surface area contributed by atoms with Crippen molar-refractivity contribution < 1.29 is 23.5 Å². The molecule has 2 rings (SSSR count). The molecule has 0 bridgehead atoms. The average Bonchev–Trinajstić information content (AvgIpc) is 2.59. The minimum absolute atomic E-state index is 0.0718. The van der Waals surface area contributed by atoms with Crippen LogP contribution >= 0.6 is 11.6 Å². The smallest absolute Gasteiger partial charge is 0.411 e. The minimum Gasteiger partial charge on any atom is -0.491 e. The molecule has 2 N–H and O–H groups in total. The lowest BCUT2D eigenvalue weighted by atomic mass is 10.2. The first-order chi connectivity index (χ1) is 12.0. The maximum atomic E-state index is 13.6. The Kier molecular flexibility index (Phi) is 6.59. The Labute approximate surface area is 148 Å². The van der Waals surface area contributed by atoms with Crippen molar-refractivity contribution in [2.24, 2.45) is 0 Å². The van der Waals surface area contributed by atoms with Gasteiger partial charge in [-0.05, 0) is 30.3 Å². The predicted molar refractivity (Wildman–Crippen MR) is 92.6 cm³/mol. The Bertz CT molecular complexity index is 770. The molecule has 0 fully saturated rings. The molecule has 0 heterocycles. The van der Waals surface area contributed by atoms with E-state index in [1.807, 2.05) is 0 Å². The molecule has 6 nitrogen and oxygen atoms in total. The zero-order valence-electron chi connectivity index (χ0n) is 13.3. The lowest BCUT2D eigenvalue weighted by Crippen LogP contribution is -2.16. The van der Waals surface area contributed by atoms with Crippen LogP contribution in [-0.4, -0.2) is 25.7 Å². The molecule has 0 saturated heterocycles. The zero-order valence-corrected chi connectivity index (χ0v) is 14.1. The number of benzene rings is 2. The number of rotatable bonds is 6. The molecule has 0 aliphatic rings. The zero-order chi connectivity index (χ0) is 18.2. The van der Waals surface area contributed by atoms with Crippen LogP contribution in [0, 0.1) is 5.82 Å². The molecule has 0 aliphatic heterocycles. The number of carbonyl (C=O) groups excluding carboxylic acids is 2. The molecule has 0 atom stereocenters. The van der Waals surface area contributed by atoms with E-state index in [2.05, 4.69) is 15.4 Å². The molecule has 2 amide bonds. The van der Waals surface area contributed by atoms with Gasteiger partial charge in [0.25, 0.3) is 0 Å². The lowest BCUT2D eigenvalue weighted by molar-refractivity contribution is -0.116. The number of anilines is 2. The largest absolute Gasteiger partial charge is 0.491 e. The number of hydrogen-bond donors (Lipinski definition) is 2. The summed E-state index contributed by atoms with van der Waals surface area (Å²) in [5.74, 6) is -0.489. The molecular formula is C17H16ClFN2O4. The second-order valence-corrected chi connectivity index (χ2v) is 5.30. The van der Waals surface area contributed by atoms with Crippen LogP contribution in [0.3, 0.4) is 0 Å².